The monoisotopic (exact) mass is 402 g/mol. The van der Waals surface area contributed by atoms with Crippen molar-refractivity contribution in [2.24, 2.45) is 0 Å². The Hall–Kier alpha value is -2.74. The Balaban J connectivity index is 2.17. The highest BCUT2D eigenvalue weighted by atomic mass is 16.3. The number of hydrogen-bond acceptors (Lipinski definition) is 2. The second-order valence-corrected chi connectivity index (χ2v) is 7.97. The van der Waals surface area contributed by atoms with E-state index in [4.69, 9.17) is 0 Å². The molecule has 0 fully saturated rings. The molecule has 0 bridgehead atoms. The van der Waals surface area contributed by atoms with Crippen LogP contribution in [0.2, 0.25) is 0 Å². The predicted molar refractivity (Wildman–Crippen MR) is 126 cm³/mol. The van der Waals surface area contributed by atoms with Crippen molar-refractivity contribution in [3.8, 4) is 11.5 Å². The minimum absolute atomic E-state index is 0.318. The lowest BCUT2D eigenvalue weighted by Gasteiger charge is -2.26. The molecule has 0 unspecified atom stereocenters. The minimum Gasteiger partial charge on any atom is -0.508 e. The Kier molecular flexibility index (Phi) is 7.20. The van der Waals surface area contributed by atoms with Gasteiger partial charge >= 0.3 is 0 Å². The van der Waals surface area contributed by atoms with Gasteiger partial charge in [0.25, 0.3) is 0 Å². The summed E-state index contributed by atoms with van der Waals surface area (Å²) in [6, 6.07) is 15.3. The molecule has 0 heterocycles. The number of hydrogen-bond donors (Lipinski definition) is 2. The van der Waals surface area contributed by atoms with E-state index in [0.717, 1.165) is 38.5 Å². The Morgan fingerprint density at radius 1 is 0.433 bits per heavy atom. The molecule has 2 N–H and O–H groups in total. The van der Waals surface area contributed by atoms with E-state index in [1.807, 2.05) is 24.3 Å². The van der Waals surface area contributed by atoms with E-state index >= 15 is 0 Å². The zero-order chi connectivity index (χ0) is 21.7. The van der Waals surface area contributed by atoms with Crippen molar-refractivity contribution < 1.29 is 10.2 Å². The van der Waals surface area contributed by atoms with E-state index in [0.29, 0.717) is 11.5 Å². The largest absolute Gasteiger partial charge is 0.508 e. The summed E-state index contributed by atoms with van der Waals surface area (Å²) in [6.45, 7) is 9.07. The summed E-state index contributed by atoms with van der Waals surface area (Å²) in [6.07, 6.45) is 5.91. The second-order valence-electron chi connectivity index (χ2n) is 7.97. The molecule has 0 aromatic heterocycles. The average molecular weight is 403 g/mol. The number of phenolic OH excluding ortho intramolecular Hbond substituents is 2. The first-order chi connectivity index (χ1) is 14.5. The summed E-state index contributed by atoms with van der Waals surface area (Å²) in [4.78, 5) is 0. The molecule has 0 amide bonds. The fourth-order valence-electron chi connectivity index (χ4n) is 4.86. The molecule has 158 valence electrons. The van der Waals surface area contributed by atoms with Crippen LogP contribution in [0.3, 0.4) is 0 Å². The van der Waals surface area contributed by atoms with Crippen molar-refractivity contribution in [1.82, 2.24) is 0 Å². The smallest absolute Gasteiger partial charge is 0.115 e. The Bertz CT molecular complexity index is 867. The van der Waals surface area contributed by atoms with Crippen molar-refractivity contribution in [1.29, 1.82) is 0 Å². The van der Waals surface area contributed by atoms with E-state index in [9.17, 15) is 10.2 Å². The van der Waals surface area contributed by atoms with Gasteiger partial charge in [-0.2, -0.15) is 0 Å². The fraction of sp³-hybridized carbons (Fsp3) is 0.357. The van der Waals surface area contributed by atoms with E-state index in [-0.39, 0.29) is 0 Å². The summed E-state index contributed by atoms with van der Waals surface area (Å²) >= 11 is 0. The quantitative estimate of drug-likeness (QED) is 0.450. The van der Waals surface area contributed by atoms with Crippen LogP contribution in [-0.4, -0.2) is 10.2 Å². The maximum Gasteiger partial charge on any atom is 0.115 e. The Labute approximate surface area is 181 Å². The highest BCUT2D eigenvalue weighted by molar-refractivity contribution is 5.55. The fourth-order valence-corrected chi connectivity index (χ4v) is 4.86. The molecule has 2 heteroatoms. The van der Waals surface area contributed by atoms with Crippen LogP contribution in [-0.2, 0) is 38.5 Å². The molecule has 0 radical (unpaired) electrons. The van der Waals surface area contributed by atoms with Gasteiger partial charge in [0, 0.05) is 0 Å². The van der Waals surface area contributed by atoms with Crippen LogP contribution in [0.4, 0.5) is 0 Å². The van der Waals surface area contributed by atoms with Gasteiger partial charge in [0.2, 0.25) is 0 Å². The van der Waals surface area contributed by atoms with E-state index in [2.05, 4.69) is 27.7 Å². The molecular weight excluding hydrogens is 368 g/mol. The molecule has 3 aromatic rings. The molecule has 0 saturated carbocycles. The zero-order valence-corrected chi connectivity index (χ0v) is 18.8. The Morgan fingerprint density at radius 3 is 0.933 bits per heavy atom. The molecule has 2 nitrogen and oxygen atoms in total. The Morgan fingerprint density at radius 2 is 0.700 bits per heavy atom. The average Bonchev–Trinajstić information content (AvgIpc) is 2.76. The van der Waals surface area contributed by atoms with Gasteiger partial charge in [0.1, 0.15) is 11.5 Å². The van der Waals surface area contributed by atoms with E-state index < -0.39 is 0 Å². The molecule has 0 aliphatic rings. The van der Waals surface area contributed by atoms with Crippen LogP contribution in [0.1, 0.15) is 72.2 Å². The third-order valence-corrected chi connectivity index (χ3v) is 6.23. The topological polar surface area (TPSA) is 40.5 Å². The molecule has 3 aromatic carbocycles. The third-order valence-electron chi connectivity index (χ3n) is 6.23. The molecule has 0 spiro atoms. The van der Waals surface area contributed by atoms with E-state index in [1.165, 1.54) is 44.5 Å². The zero-order valence-electron chi connectivity index (χ0n) is 18.8. The van der Waals surface area contributed by atoms with Crippen LogP contribution in [0.15, 0.2) is 48.5 Å². The van der Waals surface area contributed by atoms with Gasteiger partial charge < -0.3 is 10.2 Å². The maximum absolute atomic E-state index is 9.67. The molecule has 30 heavy (non-hydrogen) atoms. The van der Waals surface area contributed by atoms with Gasteiger partial charge in [-0.25, -0.2) is 0 Å². The number of benzene rings is 3. The first-order valence-electron chi connectivity index (χ1n) is 11.2. The van der Waals surface area contributed by atoms with Crippen LogP contribution in [0.5, 0.6) is 11.5 Å². The minimum atomic E-state index is 0.318. The van der Waals surface area contributed by atoms with Gasteiger partial charge in [-0.1, -0.05) is 52.0 Å². The van der Waals surface area contributed by atoms with Crippen LogP contribution in [0, 0.1) is 0 Å². The highest BCUT2D eigenvalue weighted by Crippen LogP contribution is 2.34. The lowest BCUT2D eigenvalue weighted by Crippen LogP contribution is -2.13. The van der Waals surface area contributed by atoms with Crippen molar-refractivity contribution in [2.45, 2.75) is 66.2 Å². The normalized spacial score (nSPS) is 11.1. The van der Waals surface area contributed by atoms with Crippen molar-refractivity contribution in [3.05, 3.63) is 93.0 Å². The summed E-state index contributed by atoms with van der Waals surface area (Å²) in [5.41, 5.74) is 11.4. The van der Waals surface area contributed by atoms with Crippen molar-refractivity contribution in [2.75, 3.05) is 0 Å². The van der Waals surface area contributed by atoms with Gasteiger partial charge in [0.15, 0.2) is 0 Å². The maximum atomic E-state index is 9.67. The van der Waals surface area contributed by atoms with E-state index in [1.54, 1.807) is 24.3 Å². The summed E-state index contributed by atoms with van der Waals surface area (Å²) < 4.78 is 0. The lowest BCUT2D eigenvalue weighted by molar-refractivity contribution is 0.474. The number of aromatic hydroxyl groups is 2. The van der Waals surface area contributed by atoms with Gasteiger partial charge in [-0.15, -0.1) is 0 Å². The second kappa shape index (κ2) is 9.84. The first-order valence-corrected chi connectivity index (χ1v) is 11.2. The van der Waals surface area contributed by atoms with Crippen LogP contribution < -0.4 is 0 Å². The van der Waals surface area contributed by atoms with Crippen molar-refractivity contribution in [3.63, 3.8) is 0 Å². The highest BCUT2D eigenvalue weighted by Gasteiger charge is 2.21. The van der Waals surface area contributed by atoms with Crippen molar-refractivity contribution >= 4 is 0 Å². The lowest BCUT2D eigenvalue weighted by atomic mass is 9.79. The number of rotatable bonds is 8. The first kappa shape index (κ1) is 22.0. The molecule has 0 atom stereocenters. The third kappa shape index (κ3) is 4.53. The molecule has 0 aliphatic heterocycles. The summed E-state index contributed by atoms with van der Waals surface area (Å²) in [5, 5.41) is 19.3. The van der Waals surface area contributed by atoms with Crippen LogP contribution >= 0.6 is 0 Å². The summed E-state index contributed by atoms with van der Waals surface area (Å²) in [7, 11) is 0. The SMILES string of the molecule is CCc1c(CC)c(Cc2ccc(O)cc2)c(CC)c(CC)c1Cc1ccc(O)cc1. The van der Waals surface area contributed by atoms with Gasteiger partial charge in [-0.3, -0.25) is 0 Å². The molecule has 0 saturated heterocycles. The molecule has 3 rings (SSSR count). The predicted octanol–water partition coefficient (Wildman–Crippen LogP) is 6.53. The van der Waals surface area contributed by atoms with Crippen LogP contribution in [0.25, 0.3) is 0 Å². The number of phenols is 2. The summed E-state index contributed by atoms with van der Waals surface area (Å²) in [5.74, 6) is 0.635. The van der Waals surface area contributed by atoms with Gasteiger partial charge in [0.05, 0.1) is 0 Å². The standard InChI is InChI=1S/C28H34O2/c1-5-23-24(6-2)28(18-20-11-15-22(30)16-12-20)26(8-4)25(7-3)27(23)17-19-9-13-21(29)14-10-19/h9-16,29-30H,5-8,17-18H2,1-4H3. The molecule has 0 aliphatic carbocycles. The van der Waals surface area contributed by atoms with Gasteiger partial charge in [-0.05, 0) is 107 Å². The molecular formula is C28H34O2.